The molecule has 0 N–H and O–H groups in total. The molecule has 0 amide bonds. The van der Waals surface area contributed by atoms with Crippen LogP contribution in [-0.4, -0.2) is 9.97 Å². The van der Waals surface area contributed by atoms with E-state index in [0.717, 1.165) is 11.1 Å². The zero-order valence-corrected chi connectivity index (χ0v) is 7.38. The summed E-state index contributed by atoms with van der Waals surface area (Å²) in [5.74, 6) is 0. The van der Waals surface area contributed by atoms with Crippen molar-refractivity contribution in [3.05, 3.63) is 48.5 Å². The summed E-state index contributed by atoms with van der Waals surface area (Å²) >= 11 is 0. The van der Waals surface area contributed by atoms with Crippen molar-refractivity contribution in [1.29, 1.82) is 5.26 Å². The van der Waals surface area contributed by atoms with Crippen molar-refractivity contribution in [2.45, 2.75) is 0 Å². The highest BCUT2D eigenvalue weighted by atomic mass is 14.8. The number of nitrogens with zero attached hydrogens (tertiary/aromatic N) is 3. The van der Waals surface area contributed by atoms with E-state index >= 15 is 0 Å². The van der Waals surface area contributed by atoms with Gasteiger partial charge in [0.25, 0.3) is 0 Å². The third-order valence-electron chi connectivity index (χ3n) is 1.92. The normalized spacial score (nSPS) is 9.36. The maximum Gasteiger partial charge on any atom is 0.115 e. The molecule has 0 unspecified atom stereocenters. The van der Waals surface area contributed by atoms with Crippen molar-refractivity contribution in [2.24, 2.45) is 0 Å². The van der Waals surface area contributed by atoms with Crippen LogP contribution < -0.4 is 0 Å². The van der Waals surface area contributed by atoms with E-state index in [4.69, 9.17) is 5.26 Å². The van der Waals surface area contributed by atoms with Gasteiger partial charge in [-0.2, -0.15) is 5.26 Å². The molecule has 2 rings (SSSR count). The number of nitriles is 1. The Kier molecular flexibility index (Phi) is 2.20. The van der Waals surface area contributed by atoms with Crippen molar-refractivity contribution < 1.29 is 0 Å². The molecule has 3 nitrogen and oxygen atoms in total. The minimum absolute atomic E-state index is 0.641. The summed E-state index contributed by atoms with van der Waals surface area (Å²) in [6.45, 7) is 0. The average Bonchev–Trinajstić information content (AvgIpc) is 2.30. The largest absolute Gasteiger partial charge is 0.244 e. The molecule has 66 valence electrons. The molecule has 1 heterocycles. The van der Waals surface area contributed by atoms with Crippen LogP contribution in [-0.2, 0) is 0 Å². The highest BCUT2D eigenvalue weighted by Gasteiger charge is 2.02. The third-order valence-corrected chi connectivity index (χ3v) is 1.92. The Morgan fingerprint density at radius 1 is 1.07 bits per heavy atom. The van der Waals surface area contributed by atoms with Gasteiger partial charge < -0.3 is 0 Å². The Bertz CT molecular complexity index is 471. The smallest absolute Gasteiger partial charge is 0.115 e. The standard InChI is InChI=1S/C11H7N3/c12-5-9-3-1-2-4-11(9)10-6-13-8-14-7-10/h1-4,6-8H. The lowest BCUT2D eigenvalue weighted by molar-refractivity contribution is 1.17. The Morgan fingerprint density at radius 3 is 2.50 bits per heavy atom. The van der Waals surface area contributed by atoms with E-state index in [1.807, 2.05) is 18.2 Å². The number of rotatable bonds is 1. The van der Waals surface area contributed by atoms with Crippen LogP contribution in [0, 0.1) is 11.3 Å². The number of hydrogen-bond acceptors (Lipinski definition) is 3. The van der Waals surface area contributed by atoms with E-state index in [2.05, 4.69) is 16.0 Å². The summed E-state index contributed by atoms with van der Waals surface area (Å²) in [5, 5.41) is 8.89. The molecule has 0 spiro atoms. The molecule has 3 heteroatoms. The summed E-state index contributed by atoms with van der Waals surface area (Å²) < 4.78 is 0. The van der Waals surface area contributed by atoms with Crippen LogP contribution in [0.4, 0.5) is 0 Å². The summed E-state index contributed by atoms with van der Waals surface area (Å²) in [6, 6.07) is 9.54. The molecule has 14 heavy (non-hydrogen) atoms. The van der Waals surface area contributed by atoms with E-state index < -0.39 is 0 Å². The van der Waals surface area contributed by atoms with Crippen LogP contribution in [0.5, 0.6) is 0 Å². The van der Waals surface area contributed by atoms with Crippen LogP contribution in [0.1, 0.15) is 5.56 Å². The van der Waals surface area contributed by atoms with Crippen molar-refractivity contribution in [3.8, 4) is 17.2 Å². The van der Waals surface area contributed by atoms with Gasteiger partial charge in [-0.1, -0.05) is 18.2 Å². The SMILES string of the molecule is N#Cc1ccccc1-c1cncnc1. The summed E-state index contributed by atoms with van der Waals surface area (Å²) in [5.41, 5.74) is 2.38. The van der Waals surface area contributed by atoms with E-state index in [0.29, 0.717) is 5.56 Å². The molecule has 2 aromatic rings. The third kappa shape index (κ3) is 1.46. The molecule has 1 aromatic carbocycles. The molecule has 0 aliphatic carbocycles. The summed E-state index contributed by atoms with van der Waals surface area (Å²) in [7, 11) is 0. The first-order chi connectivity index (χ1) is 6.92. The summed E-state index contributed by atoms with van der Waals surface area (Å²) in [4.78, 5) is 7.83. The highest BCUT2D eigenvalue weighted by molar-refractivity contribution is 5.68. The van der Waals surface area contributed by atoms with Gasteiger partial charge in [0.1, 0.15) is 6.33 Å². The van der Waals surface area contributed by atoms with Crippen molar-refractivity contribution >= 4 is 0 Å². The second-order valence-electron chi connectivity index (χ2n) is 2.78. The maximum absolute atomic E-state index is 8.89. The lowest BCUT2D eigenvalue weighted by Crippen LogP contribution is -1.85. The molecule has 0 aliphatic heterocycles. The minimum atomic E-state index is 0.641. The zero-order chi connectivity index (χ0) is 9.80. The Labute approximate surface area is 81.7 Å². The molecule has 0 aliphatic rings. The van der Waals surface area contributed by atoms with Crippen LogP contribution in [0.3, 0.4) is 0 Å². The average molecular weight is 181 g/mol. The van der Waals surface area contributed by atoms with Gasteiger partial charge in [0.2, 0.25) is 0 Å². The first-order valence-corrected chi connectivity index (χ1v) is 4.16. The van der Waals surface area contributed by atoms with Crippen LogP contribution in [0.25, 0.3) is 11.1 Å². The van der Waals surface area contributed by atoms with E-state index in [1.165, 1.54) is 6.33 Å². The molecule has 0 saturated heterocycles. The van der Waals surface area contributed by atoms with Crippen LogP contribution in [0.15, 0.2) is 43.0 Å². The maximum atomic E-state index is 8.89. The summed E-state index contributed by atoms with van der Waals surface area (Å²) in [6.07, 6.45) is 4.87. The lowest BCUT2D eigenvalue weighted by Gasteiger charge is -2.01. The van der Waals surface area contributed by atoms with Crippen molar-refractivity contribution in [3.63, 3.8) is 0 Å². The predicted molar refractivity (Wildman–Crippen MR) is 52.2 cm³/mol. The lowest BCUT2D eigenvalue weighted by atomic mass is 10.0. The molecule has 1 aromatic heterocycles. The number of benzene rings is 1. The molecule has 0 bridgehead atoms. The van der Waals surface area contributed by atoms with E-state index in [9.17, 15) is 0 Å². The highest BCUT2D eigenvalue weighted by Crippen LogP contribution is 2.20. The molecular formula is C11H7N3. The second kappa shape index (κ2) is 3.67. The molecule has 0 fully saturated rings. The van der Waals surface area contributed by atoms with Gasteiger partial charge in [-0.25, -0.2) is 9.97 Å². The van der Waals surface area contributed by atoms with E-state index in [-0.39, 0.29) is 0 Å². The number of aromatic nitrogens is 2. The quantitative estimate of drug-likeness (QED) is 0.676. The first kappa shape index (κ1) is 8.39. The van der Waals surface area contributed by atoms with Gasteiger partial charge in [-0.3, -0.25) is 0 Å². The topological polar surface area (TPSA) is 49.6 Å². The van der Waals surface area contributed by atoms with Crippen LogP contribution >= 0.6 is 0 Å². The monoisotopic (exact) mass is 181 g/mol. The van der Waals surface area contributed by atoms with Gasteiger partial charge in [0.05, 0.1) is 11.6 Å². The van der Waals surface area contributed by atoms with Gasteiger partial charge in [0, 0.05) is 23.5 Å². The molecular weight excluding hydrogens is 174 g/mol. The predicted octanol–water partition coefficient (Wildman–Crippen LogP) is 2.02. The molecule has 0 radical (unpaired) electrons. The second-order valence-corrected chi connectivity index (χ2v) is 2.78. The number of hydrogen-bond donors (Lipinski definition) is 0. The zero-order valence-electron chi connectivity index (χ0n) is 7.38. The fourth-order valence-electron chi connectivity index (χ4n) is 1.27. The minimum Gasteiger partial charge on any atom is -0.244 e. The van der Waals surface area contributed by atoms with Crippen molar-refractivity contribution in [1.82, 2.24) is 9.97 Å². The Hall–Kier alpha value is -2.21. The van der Waals surface area contributed by atoms with E-state index in [1.54, 1.807) is 18.5 Å². The van der Waals surface area contributed by atoms with Gasteiger partial charge in [-0.15, -0.1) is 0 Å². The van der Waals surface area contributed by atoms with Crippen molar-refractivity contribution in [2.75, 3.05) is 0 Å². The Morgan fingerprint density at radius 2 is 1.79 bits per heavy atom. The molecule has 0 saturated carbocycles. The Balaban J connectivity index is 2.58. The fourth-order valence-corrected chi connectivity index (χ4v) is 1.27. The molecule has 0 atom stereocenters. The van der Waals surface area contributed by atoms with Gasteiger partial charge >= 0.3 is 0 Å². The fraction of sp³-hybridized carbons (Fsp3) is 0. The van der Waals surface area contributed by atoms with Gasteiger partial charge in [0.15, 0.2) is 0 Å². The first-order valence-electron chi connectivity index (χ1n) is 4.16. The van der Waals surface area contributed by atoms with Gasteiger partial charge in [-0.05, 0) is 6.07 Å². The van der Waals surface area contributed by atoms with Crippen LogP contribution in [0.2, 0.25) is 0 Å².